The van der Waals surface area contributed by atoms with Crippen molar-refractivity contribution < 1.29 is 4.74 Å². The summed E-state index contributed by atoms with van der Waals surface area (Å²) in [4.78, 5) is 0. The van der Waals surface area contributed by atoms with Gasteiger partial charge < -0.3 is 4.74 Å². The van der Waals surface area contributed by atoms with Gasteiger partial charge in [0.15, 0.2) is 0 Å². The molecular weight excluding hydrogens is 276 g/mol. The van der Waals surface area contributed by atoms with Gasteiger partial charge in [0.2, 0.25) is 0 Å². The second-order valence-corrected chi connectivity index (χ2v) is 5.12. The summed E-state index contributed by atoms with van der Waals surface area (Å²) < 4.78 is 6.09. The van der Waals surface area contributed by atoms with Crippen molar-refractivity contribution >= 4 is 10.8 Å². The van der Waals surface area contributed by atoms with E-state index in [1.807, 2.05) is 42.5 Å². The van der Waals surface area contributed by atoms with E-state index in [-0.39, 0.29) is 6.17 Å². The van der Waals surface area contributed by atoms with E-state index in [4.69, 9.17) is 4.74 Å². The van der Waals surface area contributed by atoms with E-state index in [0.717, 1.165) is 22.4 Å². The summed E-state index contributed by atoms with van der Waals surface area (Å²) in [5, 5.41) is 2.37. The van der Waals surface area contributed by atoms with Crippen molar-refractivity contribution in [2.75, 3.05) is 0 Å². The molecule has 3 aromatic rings. The number of fused-ring (bicyclic) bond motifs is 1. The molecule has 0 spiro atoms. The van der Waals surface area contributed by atoms with Crippen molar-refractivity contribution in [3.05, 3.63) is 72.3 Å². The van der Waals surface area contributed by atoms with Gasteiger partial charge in [-0.05, 0) is 29.0 Å². The molecule has 0 aromatic heterocycles. The number of hydrazine groups is 3. The molecule has 0 atom stereocenters. The fourth-order valence-corrected chi connectivity index (χ4v) is 2.58. The number of hydrogen-bond donors (Lipinski definition) is 4. The highest BCUT2D eigenvalue weighted by Gasteiger charge is 2.19. The number of benzene rings is 3. The standard InChI is InChI=1S/C17H16N4O/c1-2-6-13-11-14(10-9-12(13)5-1)22-16-8-4-3-7-15(16)17-18-20-21-19-17/h1-11,17-21H. The van der Waals surface area contributed by atoms with E-state index in [1.54, 1.807) is 0 Å². The van der Waals surface area contributed by atoms with Crippen LogP contribution in [0, 0.1) is 0 Å². The molecule has 1 saturated heterocycles. The van der Waals surface area contributed by atoms with Gasteiger partial charge in [0.05, 0.1) is 0 Å². The first kappa shape index (κ1) is 13.2. The summed E-state index contributed by atoms with van der Waals surface area (Å²) in [5.41, 5.74) is 12.8. The van der Waals surface area contributed by atoms with Gasteiger partial charge in [-0.1, -0.05) is 48.5 Å². The average molecular weight is 292 g/mol. The van der Waals surface area contributed by atoms with Crippen molar-refractivity contribution in [2.24, 2.45) is 0 Å². The lowest BCUT2D eigenvalue weighted by Gasteiger charge is -2.15. The Morgan fingerprint density at radius 3 is 2.32 bits per heavy atom. The zero-order valence-electron chi connectivity index (χ0n) is 11.8. The fraction of sp³-hybridized carbons (Fsp3) is 0.0588. The Kier molecular flexibility index (Phi) is 3.46. The monoisotopic (exact) mass is 292 g/mol. The van der Waals surface area contributed by atoms with E-state index in [0.29, 0.717) is 0 Å². The minimum atomic E-state index is -0.0587. The third kappa shape index (κ3) is 2.54. The molecule has 1 aliphatic rings. The van der Waals surface area contributed by atoms with E-state index >= 15 is 0 Å². The van der Waals surface area contributed by atoms with Crippen molar-refractivity contribution in [2.45, 2.75) is 6.17 Å². The van der Waals surface area contributed by atoms with Crippen LogP contribution in [0.25, 0.3) is 10.8 Å². The third-order valence-corrected chi connectivity index (χ3v) is 3.67. The maximum absolute atomic E-state index is 6.09. The Hall–Kier alpha value is -2.44. The van der Waals surface area contributed by atoms with Gasteiger partial charge in [-0.2, -0.15) is 11.1 Å². The van der Waals surface area contributed by atoms with Crippen LogP contribution in [0.1, 0.15) is 11.7 Å². The molecule has 4 N–H and O–H groups in total. The minimum Gasteiger partial charge on any atom is -0.457 e. The van der Waals surface area contributed by atoms with Crippen LogP contribution in [-0.2, 0) is 0 Å². The van der Waals surface area contributed by atoms with Crippen molar-refractivity contribution in [1.29, 1.82) is 0 Å². The molecule has 0 bridgehead atoms. The second-order valence-electron chi connectivity index (χ2n) is 5.12. The minimum absolute atomic E-state index is 0.0587. The van der Waals surface area contributed by atoms with E-state index in [1.165, 1.54) is 5.39 Å². The Morgan fingerprint density at radius 2 is 1.45 bits per heavy atom. The zero-order valence-corrected chi connectivity index (χ0v) is 11.8. The van der Waals surface area contributed by atoms with Crippen LogP contribution in [-0.4, -0.2) is 0 Å². The summed E-state index contributed by atoms with van der Waals surface area (Å²) in [6.45, 7) is 0. The normalized spacial score (nSPS) is 15.3. The van der Waals surface area contributed by atoms with Crippen LogP contribution < -0.4 is 26.7 Å². The maximum atomic E-state index is 6.09. The Balaban J connectivity index is 1.67. The predicted molar refractivity (Wildman–Crippen MR) is 85.7 cm³/mol. The first-order chi connectivity index (χ1) is 10.9. The van der Waals surface area contributed by atoms with Crippen LogP contribution in [0.15, 0.2) is 66.7 Å². The molecule has 3 aromatic carbocycles. The largest absolute Gasteiger partial charge is 0.457 e. The Labute approximate surface area is 128 Å². The molecule has 110 valence electrons. The molecular formula is C17H16N4O. The van der Waals surface area contributed by atoms with E-state index in [9.17, 15) is 0 Å². The molecule has 0 amide bonds. The molecule has 5 nitrogen and oxygen atoms in total. The molecule has 5 heteroatoms. The highest BCUT2D eigenvalue weighted by molar-refractivity contribution is 5.83. The number of rotatable bonds is 3. The average Bonchev–Trinajstić information content (AvgIpc) is 3.10. The van der Waals surface area contributed by atoms with Crippen molar-refractivity contribution in [1.82, 2.24) is 21.9 Å². The molecule has 0 saturated carbocycles. The van der Waals surface area contributed by atoms with Gasteiger partial charge in [-0.3, -0.25) is 0 Å². The van der Waals surface area contributed by atoms with Gasteiger partial charge in [0.25, 0.3) is 0 Å². The number of ether oxygens (including phenoxy) is 1. The Morgan fingerprint density at radius 1 is 0.727 bits per heavy atom. The van der Waals surface area contributed by atoms with Crippen LogP contribution >= 0.6 is 0 Å². The summed E-state index contributed by atoms with van der Waals surface area (Å²) in [5.74, 6) is 1.64. The predicted octanol–water partition coefficient (Wildman–Crippen LogP) is 2.75. The number of hydrogen-bond acceptors (Lipinski definition) is 5. The van der Waals surface area contributed by atoms with Crippen LogP contribution in [0.2, 0.25) is 0 Å². The highest BCUT2D eigenvalue weighted by atomic mass is 16.5. The topological polar surface area (TPSA) is 57.3 Å². The second kappa shape index (κ2) is 5.75. The molecule has 1 aliphatic heterocycles. The first-order valence-electron chi connectivity index (χ1n) is 7.17. The van der Waals surface area contributed by atoms with Crippen LogP contribution in [0.5, 0.6) is 11.5 Å². The van der Waals surface area contributed by atoms with Gasteiger partial charge >= 0.3 is 0 Å². The fourth-order valence-electron chi connectivity index (χ4n) is 2.58. The highest BCUT2D eigenvalue weighted by Crippen LogP contribution is 2.30. The van der Waals surface area contributed by atoms with Gasteiger partial charge in [0.1, 0.15) is 17.7 Å². The number of nitrogens with one attached hydrogen (secondary N) is 4. The lowest BCUT2D eigenvalue weighted by Crippen LogP contribution is -2.33. The molecule has 0 aliphatic carbocycles. The van der Waals surface area contributed by atoms with Crippen molar-refractivity contribution in [3.63, 3.8) is 0 Å². The Bertz CT molecular complexity index is 799. The van der Waals surface area contributed by atoms with Crippen LogP contribution in [0.3, 0.4) is 0 Å². The summed E-state index contributed by atoms with van der Waals surface area (Å²) in [6.07, 6.45) is -0.0587. The summed E-state index contributed by atoms with van der Waals surface area (Å²) in [7, 11) is 0. The van der Waals surface area contributed by atoms with Gasteiger partial charge in [-0.15, -0.1) is 0 Å². The quantitative estimate of drug-likeness (QED) is 0.598. The summed E-state index contributed by atoms with van der Waals surface area (Å²) >= 11 is 0. The van der Waals surface area contributed by atoms with Gasteiger partial charge in [-0.25, -0.2) is 10.9 Å². The third-order valence-electron chi connectivity index (χ3n) is 3.67. The molecule has 0 radical (unpaired) electrons. The SMILES string of the molecule is c1ccc(C2NNNN2)c(Oc2ccc3ccccc3c2)c1. The zero-order chi connectivity index (χ0) is 14.8. The first-order valence-corrected chi connectivity index (χ1v) is 7.17. The number of para-hydroxylation sites is 1. The van der Waals surface area contributed by atoms with Crippen LogP contribution in [0.4, 0.5) is 0 Å². The smallest absolute Gasteiger partial charge is 0.133 e. The summed E-state index contributed by atoms with van der Waals surface area (Å²) in [6, 6.07) is 22.3. The maximum Gasteiger partial charge on any atom is 0.133 e. The lowest BCUT2D eigenvalue weighted by atomic mass is 10.1. The van der Waals surface area contributed by atoms with Gasteiger partial charge in [0, 0.05) is 5.56 Å². The lowest BCUT2D eigenvalue weighted by molar-refractivity contribution is 0.455. The van der Waals surface area contributed by atoms with Crippen molar-refractivity contribution in [3.8, 4) is 11.5 Å². The molecule has 1 fully saturated rings. The van der Waals surface area contributed by atoms with E-state index in [2.05, 4.69) is 46.2 Å². The molecule has 4 rings (SSSR count). The molecule has 22 heavy (non-hydrogen) atoms. The molecule has 0 unspecified atom stereocenters. The molecule has 1 heterocycles. The van der Waals surface area contributed by atoms with E-state index < -0.39 is 0 Å².